The molecule has 0 saturated carbocycles. The van der Waals surface area contributed by atoms with Crippen LogP contribution in [0, 0.1) is 13.8 Å². The molecule has 1 aromatic carbocycles. The first kappa shape index (κ1) is 14.7. The highest BCUT2D eigenvalue weighted by atomic mass is 35.5. The minimum Gasteiger partial charge on any atom is -0.478 e. The van der Waals surface area contributed by atoms with Crippen molar-refractivity contribution in [3.8, 4) is 5.75 Å². The summed E-state index contributed by atoms with van der Waals surface area (Å²) in [6, 6.07) is 1.59. The third-order valence-electron chi connectivity index (χ3n) is 2.98. The Morgan fingerprint density at radius 3 is 2.45 bits per heavy atom. The Kier molecular flexibility index (Phi) is 3.46. The zero-order valence-corrected chi connectivity index (χ0v) is 11.3. The molecule has 0 bridgehead atoms. The Hall–Kier alpha value is -1.69. The second kappa shape index (κ2) is 4.70. The van der Waals surface area contributed by atoms with Crippen LogP contribution in [-0.4, -0.2) is 23.4 Å². The number of carboxylic acids is 1. The Labute approximate surface area is 117 Å². The van der Waals surface area contributed by atoms with Gasteiger partial charge in [-0.3, -0.25) is 0 Å². The van der Waals surface area contributed by atoms with Gasteiger partial charge in [0.2, 0.25) is 6.10 Å². The summed E-state index contributed by atoms with van der Waals surface area (Å²) in [5.41, 5.74) is 0.397. The van der Waals surface area contributed by atoms with Gasteiger partial charge in [-0.15, -0.1) is 0 Å². The van der Waals surface area contributed by atoms with Gasteiger partial charge in [-0.1, -0.05) is 17.7 Å². The average molecular weight is 307 g/mol. The molecule has 1 N–H and O–H groups in total. The van der Waals surface area contributed by atoms with E-state index < -0.39 is 23.8 Å². The molecule has 0 fully saturated rings. The van der Waals surface area contributed by atoms with Crippen LogP contribution < -0.4 is 4.74 Å². The summed E-state index contributed by atoms with van der Waals surface area (Å²) in [4.78, 5) is 11.0. The first-order chi connectivity index (χ1) is 9.12. The van der Waals surface area contributed by atoms with E-state index in [4.69, 9.17) is 21.4 Å². The fourth-order valence-electron chi connectivity index (χ4n) is 2.09. The second-order valence-corrected chi connectivity index (χ2v) is 4.89. The van der Waals surface area contributed by atoms with Crippen LogP contribution in [-0.2, 0) is 4.79 Å². The number of alkyl halides is 3. The predicted octanol–water partition coefficient (Wildman–Crippen LogP) is 3.75. The van der Waals surface area contributed by atoms with Crippen molar-refractivity contribution >= 4 is 23.6 Å². The fraction of sp³-hybridized carbons (Fsp3) is 0.308. The number of carbonyl (C=O) groups is 1. The van der Waals surface area contributed by atoms with Crippen molar-refractivity contribution in [2.75, 3.05) is 0 Å². The van der Waals surface area contributed by atoms with Gasteiger partial charge in [0.1, 0.15) is 5.75 Å². The average Bonchev–Trinajstić information content (AvgIpc) is 2.33. The Bertz CT molecular complexity index is 620. The summed E-state index contributed by atoms with van der Waals surface area (Å²) >= 11 is 6.02. The van der Waals surface area contributed by atoms with Crippen molar-refractivity contribution in [3.63, 3.8) is 0 Å². The van der Waals surface area contributed by atoms with Crippen molar-refractivity contribution in [2.45, 2.75) is 26.1 Å². The molecule has 0 aromatic heterocycles. The predicted molar refractivity (Wildman–Crippen MR) is 67.0 cm³/mol. The molecule has 0 aliphatic carbocycles. The molecule has 3 nitrogen and oxygen atoms in total. The third-order valence-corrected chi connectivity index (χ3v) is 3.48. The van der Waals surface area contributed by atoms with Crippen molar-refractivity contribution in [2.24, 2.45) is 0 Å². The number of fused-ring (bicyclic) bond motifs is 1. The molecule has 1 aromatic rings. The molecule has 0 spiro atoms. The van der Waals surface area contributed by atoms with Gasteiger partial charge in [0.25, 0.3) is 0 Å². The number of hydrogen-bond acceptors (Lipinski definition) is 2. The summed E-state index contributed by atoms with van der Waals surface area (Å²) < 4.78 is 43.6. The van der Waals surface area contributed by atoms with Crippen LogP contribution in [0.15, 0.2) is 11.6 Å². The van der Waals surface area contributed by atoms with Crippen LogP contribution in [0.4, 0.5) is 13.2 Å². The third kappa shape index (κ3) is 2.35. The van der Waals surface area contributed by atoms with E-state index in [1.54, 1.807) is 19.9 Å². The molecule has 1 unspecified atom stereocenters. The Morgan fingerprint density at radius 2 is 1.95 bits per heavy atom. The molecule has 7 heteroatoms. The fourth-order valence-corrected chi connectivity index (χ4v) is 2.29. The molecule has 1 aliphatic heterocycles. The summed E-state index contributed by atoms with van der Waals surface area (Å²) in [7, 11) is 0. The number of hydrogen-bond donors (Lipinski definition) is 1. The van der Waals surface area contributed by atoms with Crippen LogP contribution in [0.25, 0.3) is 6.08 Å². The van der Waals surface area contributed by atoms with Gasteiger partial charge >= 0.3 is 12.1 Å². The lowest BCUT2D eigenvalue weighted by Crippen LogP contribution is -2.40. The van der Waals surface area contributed by atoms with Crippen LogP contribution in [0.3, 0.4) is 0 Å². The van der Waals surface area contributed by atoms with Gasteiger partial charge < -0.3 is 9.84 Å². The van der Waals surface area contributed by atoms with E-state index in [0.717, 1.165) is 6.08 Å². The summed E-state index contributed by atoms with van der Waals surface area (Å²) in [6.45, 7) is 3.26. The SMILES string of the molecule is Cc1cc(C)c2c(c1Cl)C=C(C(=O)O)C(C(F)(F)F)O2. The molecule has 20 heavy (non-hydrogen) atoms. The van der Waals surface area contributed by atoms with Crippen molar-refractivity contribution in [1.29, 1.82) is 0 Å². The number of ether oxygens (including phenoxy) is 1. The summed E-state index contributed by atoms with van der Waals surface area (Å²) in [5, 5.41) is 9.12. The lowest BCUT2D eigenvalue weighted by atomic mass is 9.97. The van der Waals surface area contributed by atoms with E-state index in [9.17, 15) is 18.0 Å². The molecular weight excluding hydrogens is 297 g/mol. The van der Waals surface area contributed by atoms with E-state index >= 15 is 0 Å². The van der Waals surface area contributed by atoms with E-state index in [1.807, 2.05) is 0 Å². The maximum Gasteiger partial charge on any atom is 0.430 e. The minimum absolute atomic E-state index is 0.0343. The first-order valence-corrected chi connectivity index (χ1v) is 5.98. The van der Waals surface area contributed by atoms with Gasteiger partial charge in [0, 0.05) is 5.56 Å². The summed E-state index contributed by atoms with van der Waals surface area (Å²) in [5.74, 6) is -1.72. The second-order valence-electron chi connectivity index (χ2n) is 4.51. The van der Waals surface area contributed by atoms with Gasteiger partial charge in [-0.2, -0.15) is 13.2 Å². The van der Waals surface area contributed by atoms with Gasteiger partial charge in [-0.05, 0) is 31.1 Å². The van der Waals surface area contributed by atoms with Gasteiger partial charge in [-0.25, -0.2) is 4.79 Å². The van der Waals surface area contributed by atoms with E-state index in [2.05, 4.69) is 0 Å². The van der Waals surface area contributed by atoms with Crippen LogP contribution in [0.2, 0.25) is 5.02 Å². The number of aliphatic carboxylic acids is 1. The smallest absolute Gasteiger partial charge is 0.430 e. The molecule has 2 rings (SSSR count). The minimum atomic E-state index is -4.81. The lowest BCUT2D eigenvalue weighted by molar-refractivity contribution is -0.187. The van der Waals surface area contributed by atoms with E-state index in [0.29, 0.717) is 11.1 Å². The number of carboxylic acid groups (broad SMARTS) is 1. The van der Waals surface area contributed by atoms with Crippen LogP contribution in [0.1, 0.15) is 16.7 Å². The molecule has 1 heterocycles. The largest absolute Gasteiger partial charge is 0.478 e. The standard InChI is InChI=1S/C13H10ClF3O3/c1-5-3-6(2)10-7(9(5)14)4-8(12(18)19)11(20-10)13(15,16)17/h3-4,11H,1-2H3,(H,18,19). The molecule has 0 amide bonds. The first-order valence-electron chi connectivity index (χ1n) is 5.61. The highest BCUT2D eigenvalue weighted by Gasteiger charge is 2.48. The van der Waals surface area contributed by atoms with Gasteiger partial charge in [0.15, 0.2) is 0 Å². The highest BCUT2D eigenvalue weighted by Crippen LogP contribution is 2.42. The van der Waals surface area contributed by atoms with Crippen LogP contribution >= 0.6 is 11.6 Å². The number of rotatable bonds is 1. The van der Waals surface area contributed by atoms with Crippen LogP contribution in [0.5, 0.6) is 5.75 Å². The monoisotopic (exact) mass is 306 g/mol. The van der Waals surface area contributed by atoms with Crippen molar-refractivity contribution in [1.82, 2.24) is 0 Å². The highest BCUT2D eigenvalue weighted by molar-refractivity contribution is 6.33. The molecule has 1 aliphatic rings. The Morgan fingerprint density at radius 1 is 1.35 bits per heavy atom. The molecule has 0 saturated heterocycles. The quantitative estimate of drug-likeness (QED) is 0.859. The molecular formula is C13H10ClF3O3. The van der Waals surface area contributed by atoms with Gasteiger partial charge in [0.05, 0.1) is 10.6 Å². The Balaban J connectivity index is 2.69. The maximum atomic E-state index is 12.9. The number of aryl methyl sites for hydroxylation is 2. The topological polar surface area (TPSA) is 46.5 Å². The number of halogens is 4. The molecule has 1 atom stereocenters. The summed E-state index contributed by atoms with van der Waals surface area (Å²) in [6.07, 6.45) is -6.38. The van der Waals surface area contributed by atoms with E-state index in [-0.39, 0.29) is 16.3 Å². The van der Waals surface area contributed by atoms with E-state index in [1.165, 1.54) is 0 Å². The molecule has 0 radical (unpaired) electrons. The number of benzene rings is 1. The van der Waals surface area contributed by atoms with Crippen molar-refractivity contribution < 1.29 is 27.8 Å². The zero-order valence-electron chi connectivity index (χ0n) is 10.5. The maximum absolute atomic E-state index is 12.9. The normalized spacial score (nSPS) is 18.1. The van der Waals surface area contributed by atoms with Crippen molar-refractivity contribution in [3.05, 3.63) is 33.4 Å². The lowest BCUT2D eigenvalue weighted by Gasteiger charge is -2.28. The molecule has 108 valence electrons. The zero-order chi connectivity index (χ0) is 15.2.